The topological polar surface area (TPSA) is 26.3 Å². The molecule has 0 amide bonds. The van der Waals surface area contributed by atoms with Crippen molar-refractivity contribution in [3.63, 3.8) is 0 Å². The Kier molecular flexibility index (Phi) is 3.19. The van der Waals surface area contributed by atoms with Crippen molar-refractivity contribution >= 4 is 17.6 Å². The maximum Gasteiger partial charge on any atom is 0.343 e. The van der Waals surface area contributed by atoms with Crippen molar-refractivity contribution in [2.75, 3.05) is 6.67 Å². The summed E-state index contributed by atoms with van der Waals surface area (Å²) in [6, 6.07) is 0. The lowest BCUT2D eigenvalue weighted by Crippen LogP contribution is -2.02. The molecule has 0 unspecified atom stereocenters. The van der Waals surface area contributed by atoms with Gasteiger partial charge in [-0.3, -0.25) is 0 Å². The zero-order chi connectivity index (χ0) is 6.57. The highest BCUT2D eigenvalue weighted by atomic mass is 35.5. The van der Waals surface area contributed by atoms with Gasteiger partial charge in [0.25, 0.3) is 0 Å². The molecular formula is C4H4ClFO2. The van der Waals surface area contributed by atoms with Gasteiger partial charge in [0.2, 0.25) is 0 Å². The lowest BCUT2D eigenvalue weighted by Gasteiger charge is -1.93. The molecular weight excluding hydrogens is 134 g/mol. The number of carbonyl (C=O) groups excluding carboxylic acids is 1. The average molecular weight is 139 g/mol. The molecule has 0 aliphatic carbocycles. The van der Waals surface area contributed by atoms with Crippen LogP contribution in [0.5, 0.6) is 0 Å². The predicted octanol–water partition coefficient (Wildman–Crippen LogP) is 1.21. The summed E-state index contributed by atoms with van der Waals surface area (Å²) < 4.78 is 15.1. The van der Waals surface area contributed by atoms with Crippen LogP contribution >= 0.6 is 11.6 Å². The van der Waals surface area contributed by atoms with E-state index in [9.17, 15) is 9.18 Å². The van der Waals surface area contributed by atoms with Crippen molar-refractivity contribution in [3.8, 4) is 0 Å². The molecule has 8 heavy (non-hydrogen) atoms. The molecule has 0 aromatic rings. The van der Waals surface area contributed by atoms with Gasteiger partial charge in [0.15, 0.2) is 11.9 Å². The maximum atomic E-state index is 11.2. The first-order chi connectivity index (χ1) is 3.66. The lowest BCUT2D eigenvalue weighted by molar-refractivity contribution is -0.139. The van der Waals surface area contributed by atoms with E-state index in [1.165, 1.54) is 0 Å². The molecule has 4 heteroatoms. The van der Waals surface area contributed by atoms with Crippen molar-refractivity contribution in [3.05, 3.63) is 11.8 Å². The Morgan fingerprint density at radius 3 is 2.50 bits per heavy atom. The van der Waals surface area contributed by atoms with E-state index in [1.54, 1.807) is 0 Å². The molecule has 0 atom stereocenters. The van der Waals surface area contributed by atoms with E-state index in [0.29, 0.717) is 0 Å². The molecule has 0 rings (SSSR count). The number of hydrogen-bond acceptors (Lipinski definition) is 2. The van der Waals surface area contributed by atoms with E-state index in [2.05, 4.69) is 11.3 Å². The number of rotatable bonds is 2. The van der Waals surface area contributed by atoms with Crippen LogP contribution in [0.4, 0.5) is 4.39 Å². The van der Waals surface area contributed by atoms with Crippen LogP contribution in [0.3, 0.4) is 0 Å². The molecule has 0 aliphatic rings. The Labute approximate surface area is 50.9 Å². The largest absolute Gasteiger partial charge is 0.413 e. The van der Waals surface area contributed by atoms with Gasteiger partial charge < -0.3 is 4.74 Å². The Morgan fingerprint density at radius 1 is 1.88 bits per heavy atom. The zero-order valence-electron chi connectivity index (χ0n) is 3.99. The van der Waals surface area contributed by atoms with E-state index in [4.69, 9.17) is 11.6 Å². The van der Waals surface area contributed by atoms with Crippen LogP contribution in [0.15, 0.2) is 11.8 Å². The van der Waals surface area contributed by atoms with E-state index in [-0.39, 0.29) is 5.22 Å². The van der Waals surface area contributed by atoms with Crippen LogP contribution in [0.1, 0.15) is 0 Å². The summed E-state index contributed by atoms with van der Waals surface area (Å²) in [5.41, 5.74) is 0. The molecule has 0 spiro atoms. The molecule has 0 aromatic heterocycles. The fourth-order valence-corrected chi connectivity index (χ4v) is 0.237. The predicted molar refractivity (Wildman–Crippen MR) is 27.1 cm³/mol. The van der Waals surface area contributed by atoms with E-state index in [0.717, 1.165) is 0 Å². The third-order valence-corrected chi connectivity index (χ3v) is 0.411. The first-order valence-corrected chi connectivity index (χ1v) is 2.15. The van der Waals surface area contributed by atoms with Crippen LogP contribution < -0.4 is 0 Å². The van der Waals surface area contributed by atoms with Crippen LogP contribution in [0.25, 0.3) is 0 Å². The molecule has 0 aliphatic heterocycles. The van der Waals surface area contributed by atoms with Crippen molar-refractivity contribution < 1.29 is 13.9 Å². The Bertz CT molecular complexity index is 113. The standard InChI is InChI=1S/C4H4ClFO2/c1-3(5)8-4(7)2-6/h1-2H2. The van der Waals surface area contributed by atoms with Gasteiger partial charge in [-0.2, -0.15) is 0 Å². The minimum Gasteiger partial charge on any atom is -0.413 e. The highest BCUT2D eigenvalue weighted by Crippen LogP contribution is 1.98. The van der Waals surface area contributed by atoms with E-state index >= 15 is 0 Å². The van der Waals surface area contributed by atoms with Gasteiger partial charge >= 0.3 is 5.97 Å². The summed E-state index contributed by atoms with van der Waals surface area (Å²) in [6.07, 6.45) is 0. The Balaban J connectivity index is 3.40. The second-order valence-electron chi connectivity index (χ2n) is 0.963. The quantitative estimate of drug-likeness (QED) is 0.424. The minimum absolute atomic E-state index is 0.312. The highest BCUT2D eigenvalue weighted by Gasteiger charge is 1.99. The first-order valence-electron chi connectivity index (χ1n) is 1.78. The molecule has 0 radical (unpaired) electrons. The zero-order valence-corrected chi connectivity index (χ0v) is 4.74. The van der Waals surface area contributed by atoms with Crippen molar-refractivity contribution in [1.29, 1.82) is 0 Å². The number of alkyl halides is 1. The van der Waals surface area contributed by atoms with Crippen molar-refractivity contribution in [2.24, 2.45) is 0 Å². The van der Waals surface area contributed by atoms with Crippen LogP contribution in [0.2, 0.25) is 0 Å². The van der Waals surface area contributed by atoms with Gasteiger partial charge in [0.1, 0.15) is 0 Å². The fraction of sp³-hybridized carbons (Fsp3) is 0.250. The lowest BCUT2D eigenvalue weighted by atomic mass is 10.8. The van der Waals surface area contributed by atoms with Gasteiger partial charge in [0, 0.05) is 0 Å². The van der Waals surface area contributed by atoms with Gasteiger partial charge in [-0.25, -0.2) is 9.18 Å². The van der Waals surface area contributed by atoms with E-state index in [1.807, 2.05) is 0 Å². The van der Waals surface area contributed by atoms with Gasteiger partial charge in [0.05, 0.1) is 0 Å². The number of hydrogen-bond donors (Lipinski definition) is 0. The number of carbonyl (C=O) groups is 1. The summed E-state index contributed by atoms with van der Waals surface area (Å²) in [5.74, 6) is -1.02. The molecule has 0 heterocycles. The smallest absolute Gasteiger partial charge is 0.343 e. The SMILES string of the molecule is C=C(Cl)OC(=O)CF. The monoisotopic (exact) mass is 138 g/mol. The maximum absolute atomic E-state index is 11.2. The number of halogens is 2. The Hall–Kier alpha value is -0.570. The Morgan fingerprint density at radius 2 is 2.38 bits per heavy atom. The summed E-state index contributed by atoms with van der Waals surface area (Å²) in [6.45, 7) is 1.82. The number of ether oxygens (including phenoxy) is 1. The minimum atomic E-state index is -1.17. The van der Waals surface area contributed by atoms with Crippen LogP contribution in [-0.4, -0.2) is 12.6 Å². The van der Waals surface area contributed by atoms with Gasteiger partial charge in [-0.05, 0) is 18.2 Å². The molecule has 0 bridgehead atoms. The first kappa shape index (κ1) is 7.43. The number of esters is 1. The molecule has 0 aromatic carbocycles. The van der Waals surface area contributed by atoms with Gasteiger partial charge in [-0.15, -0.1) is 0 Å². The second-order valence-corrected chi connectivity index (χ2v) is 1.38. The average Bonchev–Trinajstić information content (AvgIpc) is 1.65. The van der Waals surface area contributed by atoms with Crippen LogP contribution in [-0.2, 0) is 9.53 Å². The molecule has 0 N–H and O–H groups in total. The molecule has 0 saturated carbocycles. The van der Waals surface area contributed by atoms with Gasteiger partial charge in [-0.1, -0.05) is 0 Å². The second kappa shape index (κ2) is 3.43. The van der Waals surface area contributed by atoms with E-state index < -0.39 is 12.6 Å². The molecule has 2 nitrogen and oxygen atoms in total. The summed E-state index contributed by atoms with van der Waals surface area (Å²) in [4.78, 5) is 9.88. The molecule has 0 saturated heterocycles. The van der Waals surface area contributed by atoms with Crippen molar-refractivity contribution in [2.45, 2.75) is 0 Å². The molecule has 0 fully saturated rings. The summed E-state index contributed by atoms with van der Waals surface area (Å²) in [7, 11) is 0. The normalized spacial score (nSPS) is 8.25. The summed E-state index contributed by atoms with van der Waals surface area (Å²) in [5, 5.41) is -0.312. The van der Waals surface area contributed by atoms with Crippen molar-refractivity contribution in [1.82, 2.24) is 0 Å². The third kappa shape index (κ3) is 3.61. The third-order valence-electron chi connectivity index (χ3n) is 0.334. The fourth-order valence-electron chi connectivity index (χ4n) is 0.151. The summed E-state index contributed by atoms with van der Waals surface area (Å²) >= 11 is 4.95. The molecule has 46 valence electrons. The van der Waals surface area contributed by atoms with Crippen LogP contribution in [0, 0.1) is 0 Å². The highest BCUT2D eigenvalue weighted by molar-refractivity contribution is 6.28.